The highest BCUT2D eigenvalue weighted by molar-refractivity contribution is 7.28. The quantitative estimate of drug-likeness (QED) is 0.293. The zero-order valence-corrected chi connectivity index (χ0v) is 14.9. The van der Waals surface area contributed by atoms with E-state index in [-0.39, 0.29) is 0 Å². The standard InChI is InChI=1S/C22H13NS2/c1-2-8-14(9-3-1)23-21-19(15-10-4-6-12-17(15)24-21)20-16-11-5-7-13-18(16)25-22(20)23/h1-13H. The Balaban J connectivity index is 1.95. The van der Waals surface area contributed by atoms with Crippen LogP contribution in [0.15, 0.2) is 78.9 Å². The highest BCUT2D eigenvalue weighted by Crippen LogP contribution is 2.47. The Kier molecular flexibility index (Phi) is 2.70. The molecule has 3 aromatic carbocycles. The van der Waals surface area contributed by atoms with Crippen molar-refractivity contribution in [1.82, 2.24) is 4.57 Å². The van der Waals surface area contributed by atoms with E-state index in [9.17, 15) is 0 Å². The Morgan fingerprint density at radius 2 is 1.00 bits per heavy atom. The normalized spacial score (nSPS) is 12.0. The first-order chi connectivity index (χ1) is 12.4. The fraction of sp³-hybridized carbons (Fsp3) is 0. The number of thiophene rings is 2. The van der Waals surface area contributed by atoms with Gasteiger partial charge in [-0.25, -0.2) is 0 Å². The highest BCUT2D eigenvalue weighted by Gasteiger charge is 2.21. The van der Waals surface area contributed by atoms with Crippen LogP contribution in [-0.2, 0) is 0 Å². The maximum absolute atomic E-state index is 2.44. The molecule has 0 spiro atoms. The number of hydrogen-bond acceptors (Lipinski definition) is 2. The van der Waals surface area contributed by atoms with Crippen LogP contribution in [-0.4, -0.2) is 4.57 Å². The predicted molar refractivity (Wildman–Crippen MR) is 112 cm³/mol. The molecule has 1 nitrogen and oxygen atoms in total. The van der Waals surface area contributed by atoms with Crippen LogP contribution in [0.2, 0.25) is 0 Å². The van der Waals surface area contributed by atoms with Gasteiger partial charge in [-0.15, -0.1) is 22.7 Å². The summed E-state index contributed by atoms with van der Waals surface area (Å²) in [4.78, 5) is 2.69. The van der Waals surface area contributed by atoms with Gasteiger partial charge in [-0.1, -0.05) is 54.6 Å². The zero-order chi connectivity index (χ0) is 16.4. The summed E-state index contributed by atoms with van der Waals surface area (Å²) in [6.45, 7) is 0. The van der Waals surface area contributed by atoms with Gasteiger partial charge in [0.2, 0.25) is 0 Å². The molecule has 0 amide bonds. The predicted octanol–water partition coefficient (Wildman–Crippen LogP) is 7.21. The van der Waals surface area contributed by atoms with Gasteiger partial charge in [0.25, 0.3) is 0 Å². The zero-order valence-electron chi connectivity index (χ0n) is 13.3. The fourth-order valence-electron chi connectivity index (χ4n) is 3.77. The molecule has 6 aromatic rings. The van der Waals surface area contributed by atoms with Gasteiger partial charge in [0.05, 0.1) is 0 Å². The summed E-state index contributed by atoms with van der Waals surface area (Å²) in [5.74, 6) is 0. The summed E-state index contributed by atoms with van der Waals surface area (Å²) in [7, 11) is 0. The minimum atomic E-state index is 1.24. The molecule has 0 N–H and O–H groups in total. The van der Waals surface area contributed by atoms with Gasteiger partial charge in [-0.05, 0) is 24.3 Å². The Labute approximate surface area is 152 Å². The lowest BCUT2D eigenvalue weighted by Gasteiger charge is -2.04. The van der Waals surface area contributed by atoms with Crippen molar-refractivity contribution < 1.29 is 0 Å². The molecule has 0 saturated heterocycles. The van der Waals surface area contributed by atoms with Crippen molar-refractivity contribution in [1.29, 1.82) is 0 Å². The monoisotopic (exact) mass is 355 g/mol. The lowest BCUT2D eigenvalue weighted by molar-refractivity contribution is 1.21. The van der Waals surface area contributed by atoms with Crippen molar-refractivity contribution in [3.8, 4) is 5.69 Å². The van der Waals surface area contributed by atoms with Gasteiger partial charge in [0, 0.05) is 36.6 Å². The van der Waals surface area contributed by atoms with Gasteiger partial charge >= 0.3 is 0 Å². The summed E-state index contributed by atoms with van der Waals surface area (Å²) in [5.41, 5.74) is 1.24. The minimum Gasteiger partial charge on any atom is -0.292 e. The Bertz CT molecular complexity index is 1300. The molecule has 0 bridgehead atoms. The minimum absolute atomic E-state index is 1.24. The van der Waals surface area contributed by atoms with Gasteiger partial charge in [-0.3, -0.25) is 4.57 Å². The number of hydrogen-bond donors (Lipinski definition) is 0. The summed E-state index contributed by atoms with van der Waals surface area (Å²) >= 11 is 3.78. The van der Waals surface area contributed by atoms with E-state index in [0.717, 1.165) is 0 Å². The van der Waals surface area contributed by atoms with Crippen LogP contribution in [0.25, 0.3) is 46.3 Å². The maximum atomic E-state index is 2.44. The molecule has 6 rings (SSSR count). The molecule has 0 unspecified atom stereocenters. The molecule has 0 aliphatic carbocycles. The molecule has 25 heavy (non-hydrogen) atoms. The third-order valence-electron chi connectivity index (χ3n) is 4.82. The topological polar surface area (TPSA) is 4.93 Å². The molecule has 0 saturated carbocycles. The second kappa shape index (κ2) is 4.94. The smallest absolute Gasteiger partial charge is 0.110 e. The van der Waals surface area contributed by atoms with Crippen molar-refractivity contribution in [3.05, 3.63) is 78.9 Å². The molecule has 3 heteroatoms. The SMILES string of the molecule is c1ccc(-n2c3sc4ccccc4c3c3c4ccccc4sc32)cc1. The van der Waals surface area contributed by atoms with E-state index in [1.165, 1.54) is 46.3 Å². The van der Waals surface area contributed by atoms with E-state index < -0.39 is 0 Å². The van der Waals surface area contributed by atoms with Crippen LogP contribution in [0.4, 0.5) is 0 Å². The van der Waals surface area contributed by atoms with Crippen LogP contribution >= 0.6 is 22.7 Å². The number of benzene rings is 3. The fourth-order valence-corrected chi connectivity index (χ4v) is 6.30. The van der Waals surface area contributed by atoms with Crippen LogP contribution in [0.3, 0.4) is 0 Å². The number of para-hydroxylation sites is 1. The van der Waals surface area contributed by atoms with E-state index in [2.05, 4.69) is 83.4 Å². The van der Waals surface area contributed by atoms with Gasteiger partial charge < -0.3 is 0 Å². The number of nitrogens with zero attached hydrogens (tertiary/aromatic N) is 1. The molecule has 118 valence electrons. The first kappa shape index (κ1) is 13.6. The summed E-state index contributed by atoms with van der Waals surface area (Å²) in [6, 6.07) is 28.3. The Morgan fingerprint density at radius 3 is 1.56 bits per heavy atom. The van der Waals surface area contributed by atoms with Crippen molar-refractivity contribution >= 4 is 63.3 Å². The van der Waals surface area contributed by atoms with E-state index >= 15 is 0 Å². The van der Waals surface area contributed by atoms with E-state index in [1.54, 1.807) is 0 Å². The lowest BCUT2D eigenvalue weighted by Crippen LogP contribution is -1.89. The van der Waals surface area contributed by atoms with Crippen LogP contribution < -0.4 is 0 Å². The molecule has 0 aliphatic rings. The maximum Gasteiger partial charge on any atom is 0.110 e. The summed E-state index contributed by atoms with van der Waals surface area (Å²) in [5, 5.41) is 5.53. The van der Waals surface area contributed by atoms with Gasteiger partial charge in [0.1, 0.15) is 9.66 Å². The summed E-state index contributed by atoms with van der Waals surface area (Å²) in [6.07, 6.45) is 0. The van der Waals surface area contributed by atoms with E-state index in [0.29, 0.717) is 0 Å². The van der Waals surface area contributed by atoms with Gasteiger partial charge in [0.15, 0.2) is 0 Å². The van der Waals surface area contributed by atoms with E-state index in [1.807, 2.05) is 22.7 Å². The Hall–Kier alpha value is -2.62. The summed E-state index contributed by atoms with van der Waals surface area (Å²) < 4.78 is 5.16. The molecule has 3 aromatic heterocycles. The first-order valence-electron chi connectivity index (χ1n) is 8.30. The van der Waals surface area contributed by atoms with Crippen molar-refractivity contribution in [2.24, 2.45) is 0 Å². The largest absolute Gasteiger partial charge is 0.292 e. The first-order valence-corrected chi connectivity index (χ1v) is 9.94. The number of aromatic nitrogens is 1. The molecule has 0 fully saturated rings. The van der Waals surface area contributed by atoms with Gasteiger partial charge in [-0.2, -0.15) is 0 Å². The molecule has 3 heterocycles. The third kappa shape index (κ3) is 1.77. The highest BCUT2D eigenvalue weighted by atomic mass is 32.1. The second-order valence-corrected chi connectivity index (χ2v) is 8.29. The molecular formula is C22H13NS2. The second-order valence-electron chi connectivity index (χ2n) is 6.23. The lowest BCUT2D eigenvalue weighted by atomic mass is 10.1. The van der Waals surface area contributed by atoms with Crippen LogP contribution in [0, 0.1) is 0 Å². The molecule has 0 aliphatic heterocycles. The average Bonchev–Trinajstić information content (AvgIpc) is 3.29. The van der Waals surface area contributed by atoms with Crippen molar-refractivity contribution in [2.75, 3.05) is 0 Å². The van der Waals surface area contributed by atoms with E-state index in [4.69, 9.17) is 0 Å². The number of fused-ring (bicyclic) bond motifs is 7. The molecular weight excluding hydrogens is 342 g/mol. The van der Waals surface area contributed by atoms with Crippen LogP contribution in [0.5, 0.6) is 0 Å². The third-order valence-corrected chi connectivity index (χ3v) is 7.14. The Morgan fingerprint density at radius 1 is 0.520 bits per heavy atom. The van der Waals surface area contributed by atoms with Crippen molar-refractivity contribution in [2.45, 2.75) is 0 Å². The molecule has 0 atom stereocenters. The average molecular weight is 355 g/mol. The van der Waals surface area contributed by atoms with Crippen LogP contribution in [0.1, 0.15) is 0 Å². The van der Waals surface area contributed by atoms with Crippen molar-refractivity contribution in [3.63, 3.8) is 0 Å². The molecule has 0 radical (unpaired) electrons. The number of rotatable bonds is 1.